The first-order chi connectivity index (χ1) is 12.1. The number of hydrogen-bond acceptors (Lipinski definition) is 5. The number of hydrogen-bond donors (Lipinski definition) is 0. The Labute approximate surface area is 143 Å². The molecule has 1 unspecified atom stereocenters. The zero-order valence-corrected chi connectivity index (χ0v) is 14.2. The van der Waals surface area contributed by atoms with Crippen LogP contribution in [0.2, 0.25) is 0 Å². The van der Waals surface area contributed by atoms with Gasteiger partial charge in [0.05, 0.1) is 25.4 Å². The molecule has 1 aromatic carbocycles. The molecular weight excluding hydrogens is 322 g/mol. The molecule has 0 spiro atoms. The van der Waals surface area contributed by atoms with Gasteiger partial charge in [-0.15, -0.1) is 0 Å². The standard InChI is InChI=1S/C17H19N5O3/c1-20-13-7-6-11(8-12(13)9-18-20)10-21-17(24)22-14(16(23)25-2)4-3-5-15(22)19-21/h6-9,14H,3-5,10H2,1-2H3. The molecule has 0 N–H and O–H groups in total. The van der Waals surface area contributed by atoms with Crippen LogP contribution in [-0.4, -0.2) is 37.2 Å². The third-order valence-electron chi connectivity index (χ3n) is 4.75. The van der Waals surface area contributed by atoms with Crippen LogP contribution in [0.5, 0.6) is 0 Å². The van der Waals surface area contributed by atoms with Crippen molar-refractivity contribution in [2.24, 2.45) is 7.05 Å². The SMILES string of the molecule is COC(=O)C1CCCc2nn(Cc3ccc4c(cnn4C)c3)c(=O)n21. The fourth-order valence-electron chi connectivity index (χ4n) is 3.48. The van der Waals surface area contributed by atoms with Crippen molar-refractivity contribution in [2.75, 3.05) is 7.11 Å². The van der Waals surface area contributed by atoms with Crippen molar-refractivity contribution in [3.8, 4) is 0 Å². The number of aromatic nitrogens is 5. The summed E-state index contributed by atoms with van der Waals surface area (Å²) < 4.78 is 9.55. The van der Waals surface area contributed by atoms with E-state index in [1.165, 1.54) is 16.4 Å². The molecule has 130 valence electrons. The number of aryl methyl sites for hydroxylation is 2. The number of rotatable bonds is 3. The van der Waals surface area contributed by atoms with E-state index in [0.717, 1.165) is 22.9 Å². The number of methoxy groups -OCH3 is 1. The lowest BCUT2D eigenvalue weighted by Crippen LogP contribution is -2.35. The summed E-state index contributed by atoms with van der Waals surface area (Å²) in [4.78, 5) is 24.7. The van der Waals surface area contributed by atoms with Crippen molar-refractivity contribution in [1.29, 1.82) is 0 Å². The molecular formula is C17H19N5O3. The molecule has 4 rings (SSSR count). The Kier molecular flexibility index (Phi) is 3.67. The summed E-state index contributed by atoms with van der Waals surface area (Å²) in [5, 5.41) is 9.68. The van der Waals surface area contributed by atoms with Gasteiger partial charge >= 0.3 is 11.7 Å². The topological polar surface area (TPSA) is 83.9 Å². The second-order valence-electron chi connectivity index (χ2n) is 6.32. The van der Waals surface area contributed by atoms with E-state index in [-0.39, 0.29) is 11.7 Å². The molecule has 2 aromatic heterocycles. The first kappa shape index (κ1) is 15.6. The van der Waals surface area contributed by atoms with E-state index in [0.29, 0.717) is 25.2 Å². The molecule has 0 aliphatic carbocycles. The number of esters is 1. The first-order valence-electron chi connectivity index (χ1n) is 8.25. The van der Waals surface area contributed by atoms with Gasteiger partial charge in [-0.1, -0.05) is 6.07 Å². The average Bonchev–Trinajstić information content (AvgIpc) is 3.15. The van der Waals surface area contributed by atoms with Crippen LogP contribution in [0.4, 0.5) is 0 Å². The lowest BCUT2D eigenvalue weighted by atomic mass is 10.1. The molecule has 0 saturated heterocycles. The minimum atomic E-state index is -0.573. The maximum absolute atomic E-state index is 12.8. The molecule has 0 bridgehead atoms. The number of benzene rings is 1. The fraction of sp³-hybridized carbons (Fsp3) is 0.412. The van der Waals surface area contributed by atoms with Crippen LogP contribution in [0.3, 0.4) is 0 Å². The Morgan fingerprint density at radius 1 is 1.40 bits per heavy atom. The maximum Gasteiger partial charge on any atom is 0.347 e. The predicted molar refractivity (Wildman–Crippen MR) is 90.3 cm³/mol. The van der Waals surface area contributed by atoms with Crippen molar-refractivity contribution in [1.82, 2.24) is 24.1 Å². The van der Waals surface area contributed by atoms with Crippen LogP contribution < -0.4 is 5.69 Å². The highest BCUT2D eigenvalue weighted by Gasteiger charge is 2.31. The maximum atomic E-state index is 12.8. The molecule has 1 aliphatic heterocycles. The second-order valence-corrected chi connectivity index (χ2v) is 6.32. The van der Waals surface area contributed by atoms with Gasteiger partial charge in [0, 0.05) is 18.9 Å². The fourth-order valence-corrected chi connectivity index (χ4v) is 3.48. The van der Waals surface area contributed by atoms with E-state index in [2.05, 4.69) is 10.2 Å². The number of nitrogens with zero attached hydrogens (tertiary/aromatic N) is 5. The summed E-state index contributed by atoms with van der Waals surface area (Å²) in [6, 6.07) is 5.38. The van der Waals surface area contributed by atoms with Gasteiger partial charge in [0.2, 0.25) is 0 Å². The number of carbonyl (C=O) groups is 1. The second kappa shape index (κ2) is 5.87. The van der Waals surface area contributed by atoms with E-state index < -0.39 is 6.04 Å². The zero-order valence-electron chi connectivity index (χ0n) is 14.2. The highest BCUT2D eigenvalue weighted by Crippen LogP contribution is 2.23. The van der Waals surface area contributed by atoms with Crippen LogP contribution >= 0.6 is 0 Å². The molecule has 1 atom stereocenters. The van der Waals surface area contributed by atoms with Crippen molar-refractivity contribution >= 4 is 16.9 Å². The summed E-state index contributed by atoms with van der Waals surface area (Å²) in [6.45, 7) is 0.359. The molecule has 1 aliphatic rings. The molecule has 8 heteroatoms. The summed E-state index contributed by atoms with van der Waals surface area (Å²) >= 11 is 0. The summed E-state index contributed by atoms with van der Waals surface area (Å²) in [6.07, 6.45) is 3.91. The lowest BCUT2D eigenvalue weighted by Gasteiger charge is -2.20. The van der Waals surface area contributed by atoms with E-state index >= 15 is 0 Å². The van der Waals surface area contributed by atoms with Crippen molar-refractivity contribution < 1.29 is 9.53 Å². The van der Waals surface area contributed by atoms with E-state index in [1.54, 1.807) is 6.20 Å². The minimum absolute atomic E-state index is 0.267. The van der Waals surface area contributed by atoms with Gasteiger partial charge in [-0.3, -0.25) is 9.25 Å². The first-order valence-corrected chi connectivity index (χ1v) is 8.25. The van der Waals surface area contributed by atoms with E-state index in [9.17, 15) is 9.59 Å². The summed E-state index contributed by atoms with van der Waals surface area (Å²) in [5.74, 6) is 0.258. The van der Waals surface area contributed by atoms with Gasteiger partial charge in [-0.05, 0) is 30.5 Å². The van der Waals surface area contributed by atoms with Crippen LogP contribution in [0.1, 0.15) is 30.3 Å². The third kappa shape index (κ3) is 2.54. The number of carbonyl (C=O) groups excluding carboxylic acids is 1. The predicted octanol–water partition coefficient (Wildman–Crippen LogP) is 1.03. The molecule has 0 radical (unpaired) electrons. The van der Waals surface area contributed by atoms with Gasteiger partial charge < -0.3 is 4.74 Å². The van der Waals surface area contributed by atoms with Crippen molar-refractivity contribution in [3.05, 3.63) is 46.3 Å². The Morgan fingerprint density at radius 3 is 3.04 bits per heavy atom. The Morgan fingerprint density at radius 2 is 2.24 bits per heavy atom. The monoisotopic (exact) mass is 341 g/mol. The highest BCUT2D eigenvalue weighted by atomic mass is 16.5. The van der Waals surface area contributed by atoms with Crippen LogP contribution in [0.15, 0.2) is 29.2 Å². The smallest absolute Gasteiger partial charge is 0.347 e. The molecule has 8 nitrogen and oxygen atoms in total. The molecule has 3 aromatic rings. The van der Waals surface area contributed by atoms with Crippen LogP contribution in [-0.2, 0) is 29.5 Å². The van der Waals surface area contributed by atoms with Crippen LogP contribution in [0.25, 0.3) is 10.9 Å². The van der Waals surface area contributed by atoms with Gasteiger partial charge in [-0.2, -0.15) is 10.2 Å². The molecule has 0 saturated carbocycles. The quantitative estimate of drug-likeness (QED) is 0.665. The zero-order chi connectivity index (χ0) is 17.6. The summed E-state index contributed by atoms with van der Waals surface area (Å²) in [7, 11) is 3.23. The van der Waals surface area contributed by atoms with Gasteiger partial charge in [0.25, 0.3) is 0 Å². The van der Waals surface area contributed by atoms with Crippen molar-refractivity contribution in [2.45, 2.75) is 31.8 Å². The Bertz CT molecular complexity index is 1010. The van der Waals surface area contributed by atoms with E-state index in [4.69, 9.17) is 4.74 Å². The molecule has 3 heterocycles. The van der Waals surface area contributed by atoms with Crippen molar-refractivity contribution in [3.63, 3.8) is 0 Å². The third-order valence-corrected chi connectivity index (χ3v) is 4.75. The van der Waals surface area contributed by atoms with Gasteiger partial charge in [0.15, 0.2) is 0 Å². The van der Waals surface area contributed by atoms with E-state index in [1.807, 2.05) is 29.9 Å². The van der Waals surface area contributed by atoms with Gasteiger partial charge in [-0.25, -0.2) is 14.3 Å². The molecule has 0 amide bonds. The minimum Gasteiger partial charge on any atom is -0.467 e. The van der Waals surface area contributed by atoms with Gasteiger partial charge in [0.1, 0.15) is 11.9 Å². The average molecular weight is 341 g/mol. The summed E-state index contributed by atoms with van der Waals surface area (Å²) in [5.41, 5.74) is 1.73. The Balaban J connectivity index is 1.70. The Hall–Kier alpha value is -2.90. The molecule has 0 fully saturated rings. The highest BCUT2D eigenvalue weighted by molar-refractivity contribution is 5.79. The normalized spacial score (nSPS) is 16.8. The largest absolute Gasteiger partial charge is 0.467 e. The molecule has 25 heavy (non-hydrogen) atoms. The van der Waals surface area contributed by atoms with Crippen LogP contribution in [0, 0.1) is 0 Å². The number of ether oxygens (including phenoxy) is 1. The number of fused-ring (bicyclic) bond motifs is 2. The lowest BCUT2D eigenvalue weighted by molar-refractivity contribution is -0.145.